The number of hydrogen-bond acceptors (Lipinski definition) is 4. The van der Waals surface area contributed by atoms with Crippen molar-refractivity contribution < 1.29 is 14.6 Å². The number of aliphatic hydroxyl groups is 1. The molecule has 25 heavy (non-hydrogen) atoms. The number of carbonyl (C=O) groups excluding carboxylic acids is 1. The molecule has 2 aromatic rings. The third-order valence-electron chi connectivity index (χ3n) is 4.66. The average Bonchev–Trinajstić information content (AvgIpc) is 2.66. The van der Waals surface area contributed by atoms with Crippen molar-refractivity contribution in [3.63, 3.8) is 0 Å². The van der Waals surface area contributed by atoms with Gasteiger partial charge in [-0.3, -0.25) is 4.99 Å². The van der Waals surface area contributed by atoms with Crippen LogP contribution >= 0.6 is 15.9 Å². The number of fused-ring (bicyclic) bond motifs is 1. The van der Waals surface area contributed by atoms with E-state index in [0.717, 1.165) is 22.0 Å². The quantitative estimate of drug-likeness (QED) is 0.631. The van der Waals surface area contributed by atoms with Gasteiger partial charge in [0.15, 0.2) is 5.54 Å². The monoisotopic (exact) mass is 401 g/mol. The number of methoxy groups -OCH3 is 1. The van der Waals surface area contributed by atoms with Crippen LogP contribution in [-0.2, 0) is 22.4 Å². The number of esters is 1. The highest BCUT2D eigenvalue weighted by atomic mass is 79.9. The highest BCUT2D eigenvalue weighted by Crippen LogP contribution is 2.36. The van der Waals surface area contributed by atoms with Gasteiger partial charge in [0.05, 0.1) is 19.4 Å². The summed E-state index contributed by atoms with van der Waals surface area (Å²) < 4.78 is 6.13. The number of nitrogens with zero attached hydrogens (tertiary/aromatic N) is 1. The number of rotatable bonds is 4. The van der Waals surface area contributed by atoms with Gasteiger partial charge in [-0.05, 0) is 35.6 Å². The Kier molecular flexibility index (Phi) is 5.35. The fraction of sp³-hybridized carbons (Fsp3) is 0.300. The van der Waals surface area contributed by atoms with Gasteiger partial charge < -0.3 is 9.84 Å². The molecular formula is C20H20BrNO3. The first-order valence-corrected chi connectivity index (χ1v) is 8.98. The lowest BCUT2D eigenvalue weighted by molar-refractivity contribution is -0.147. The van der Waals surface area contributed by atoms with Crippen molar-refractivity contribution in [3.05, 3.63) is 69.7 Å². The van der Waals surface area contributed by atoms with Crippen LogP contribution in [0.4, 0.5) is 0 Å². The topological polar surface area (TPSA) is 58.9 Å². The van der Waals surface area contributed by atoms with Gasteiger partial charge >= 0.3 is 5.97 Å². The number of hydrogen-bond donors (Lipinski definition) is 1. The SMILES string of the molecule is COC(=O)[C@]1(N=C(CO)c2ccccc2)CCc2c(Br)cccc2C1. The van der Waals surface area contributed by atoms with E-state index in [1.54, 1.807) is 0 Å². The van der Waals surface area contributed by atoms with Crippen LogP contribution in [0.2, 0.25) is 0 Å². The Bertz CT molecular complexity index is 804. The fourth-order valence-electron chi connectivity index (χ4n) is 3.37. The van der Waals surface area contributed by atoms with Gasteiger partial charge in [-0.25, -0.2) is 4.79 Å². The van der Waals surface area contributed by atoms with Crippen LogP contribution in [0.1, 0.15) is 23.1 Å². The van der Waals surface area contributed by atoms with Crippen molar-refractivity contribution in [2.45, 2.75) is 24.8 Å². The van der Waals surface area contributed by atoms with Crippen LogP contribution in [0.15, 0.2) is 58.0 Å². The summed E-state index contributed by atoms with van der Waals surface area (Å²) in [6.45, 7) is -0.228. The van der Waals surface area contributed by atoms with Crippen molar-refractivity contribution >= 4 is 27.6 Å². The number of ether oxygens (including phenoxy) is 1. The number of halogens is 1. The van der Waals surface area contributed by atoms with Gasteiger partial charge in [0.25, 0.3) is 0 Å². The first-order chi connectivity index (χ1) is 12.1. The van der Waals surface area contributed by atoms with Crippen molar-refractivity contribution in [2.75, 3.05) is 13.7 Å². The molecule has 0 aromatic heterocycles. The van der Waals surface area contributed by atoms with Gasteiger partial charge in [0.2, 0.25) is 0 Å². The average molecular weight is 402 g/mol. The van der Waals surface area contributed by atoms with Gasteiger partial charge in [-0.2, -0.15) is 0 Å². The van der Waals surface area contributed by atoms with Crippen molar-refractivity contribution in [3.8, 4) is 0 Å². The summed E-state index contributed by atoms with van der Waals surface area (Å²) >= 11 is 3.58. The van der Waals surface area contributed by atoms with Gasteiger partial charge in [-0.1, -0.05) is 58.4 Å². The van der Waals surface area contributed by atoms with Crippen molar-refractivity contribution in [1.82, 2.24) is 0 Å². The second-order valence-corrected chi connectivity index (χ2v) is 7.01. The van der Waals surface area contributed by atoms with E-state index in [-0.39, 0.29) is 12.6 Å². The summed E-state index contributed by atoms with van der Waals surface area (Å²) in [6.07, 6.45) is 1.74. The van der Waals surface area contributed by atoms with Crippen LogP contribution in [0.3, 0.4) is 0 Å². The molecule has 1 atom stereocenters. The highest BCUT2D eigenvalue weighted by Gasteiger charge is 2.43. The summed E-state index contributed by atoms with van der Waals surface area (Å²) in [6, 6.07) is 15.4. The Morgan fingerprint density at radius 2 is 2.00 bits per heavy atom. The zero-order valence-electron chi connectivity index (χ0n) is 14.0. The second-order valence-electron chi connectivity index (χ2n) is 6.16. The Morgan fingerprint density at radius 3 is 2.68 bits per heavy atom. The molecule has 1 aliphatic rings. The summed E-state index contributed by atoms with van der Waals surface area (Å²) in [7, 11) is 1.39. The number of aliphatic imine (C=N–C) groups is 1. The minimum absolute atomic E-state index is 0.228. The zero-order chi connectivity index (χ0) is 17.9. The first kappa shape index (κ1) is 17.8. The van der Waals surface area contributed by atoms with Crippen LogP contribution in [-0.4, -0.2) is 36.0 Å². The van der Waals surface area contributed by atoms with E-state index >= 15 is 0 Å². The van der Waals surface area contributed by atoms with Crippen LogP contribution in [0, 0.1) is 0 Å². The molecule has 1 N–H and O–H groups in total. The molecule has 4 nitrogen and oxygen atoms in total. The van der Waals surface area contributed by atoms with Gasteiger partial charge in [0.1, 0.15) is 0 Å². The van der Waals surface area contributed by atoms with E-state index in [0.29, 0.717) is 18.6 Å². The Hall–Kier alpha value is -1.98. The maximum atomic E-state index is 12.6. The van der Waals surface area contributed by atoms with E-state index < -0.39 is 5.54 Å². The Labute approximate surface area is 155 Å². The predicted molar refractivity (Wildman–Crippen MR) is 101 cm³/mol. The molecule has 3 rings (SSSR count). The standard InChI is InChI=1S/C20H20BrNO3/c1-25-19(24)20(22-18(13-23)14-6-3-2-4-7-14)11-10-16-15(12-20)8-5-9-17(16)21/h2-9,23H,10-13H2,1H3/t20-/m0/s1. The molecule has 0 heterocycles. The maximum absolute atomic E-state index is 12.6. The van der Waals surface area contributed by atoms with Crippen LogP contribution in [0.25, 0.3) is 0 Å². The van der Waals surface area contributed by atoms with Crippen molar-refractivity contribution in [1.29, 1.82) is 0 Å². The minimum Gasteiger partial charge on any atom is -0.467 e. The van der Waals surface area contributed by atoms with E-state index in [1.165, 1.54) is 12.7 Å². The molecule has 0 saturated carbocycles. The summed E-state index contributed by atoms with van der Waals surface area (Å²) in [5, 5.41) is 9.83. The highest BCUT2D eigenvalue weighted by molar-refractivity contribution is 9.10. The molecule has 0 radical (unpaired) electrons. The molecule has 0 saturated heterocycles. The summed E-state index contributed by atoms with van der Waals surface area (Å²) in [5.41, 5.74) is 2.61. The molecule has 5 heteroatoms. The van der Waals surface area contributed by atoms with Crippen LogP contribution < -0.4 is 0 Å². The molecule has 0 amide bonds. The third-order valence-corrected chi connectivity index (χ3v) is 5.40. The zero-order valence-corrected chi connectivity index (χ0v) is 15.6. The van der Waals surface area contributed by atoms with Gasteiger partial charge in [-0.15, -0.1) is 0 Å². The molecule has 0 unspecified atom stereocenters. The van der Waals surface area contributed by atoms with Gasteiger partial charge in [0, 0.05) is 10.9 Å². The molecule has 0 fully saturated rings. The van der Waals surface area contributed by atoms with E-state index in [1.807, 2.05) is 48.5 Å². The van der Waals surface area contributed by atoms with E-state index in [2.05, 4.69) is 15.9 Å². The van der Waals surface area contributed by atoms with E-state index in [4.69, 9.17) is 9.73 Å². The first-order valence-electron chi connectivity index (χ1n) is 8.19. The largest absolute Gasteiger partial charge is 0.467 e. The fourth-order valence-corrected chi connectivity index (χ4v) is 3.98. The number of aliphatic hydroxyl groups excluding tert-OH is 1. The number of benzene rings is 2. The lowest BCUT2D eigenvalue weighted by atomic mass is 9.78. The normalized spacial score (nSPS) is 20.0. The predicted octanol–water partition coefficient (Wildman–Crippen LogP) is 3.33. The summed E-state index contributed by atoms with van der Waals surface area (Å²) in [4.78, 5) is 17.4. The van der Waals surface area contributed by atoms with Crippen LogP contribution in [0.5, 0.6) is 0 Å². The summed E-state index contributed by atoms with van der Waals surface area (Å²) in [5.74, 6) is -0.361. The molecule has 0 spiro atoms. The Balaban J connectivity index is 2.06. The molecule has 2 aromatic carbocycles. The smallest absolute Gasteiger partial charge is 0.334 e. The molecule has 0 bridgehead atoms. The van der Waals surface area contributed by atoms with Crippen molar-refractivity contribution in [2.24, 2.45) is 4.99 Å². The lowest BCUT2D eigenvalue weighted by Gasteiger charge is -2.33. The lowest BCUT2D eigenvalue weighted by Crippen LogP contribution is -2.44. The third kappa shape index (κ3) is 3.53. The molecular weight excluding hydrogens is 382 g/mol. The second kappa shape index (κ2) is 7.50. The minimum atomic E-state index is -1.00. The Morgan fingerprint density at radius 1 is 1.24 bits per heavy atom. The maximum Gasteiger partial charge on any atom is 0.334 e. The molecule has 130 valence electrons. The number of carbonyl (C=O) groups is 1. The molecule has 0 aliphatic heterocycles. The molecule has 1 aliphatic carbocycles. The van der Waals surface area contributed by atoms with E-state index in [9.17, 15) is 9.90 Å².